The van der Waals surface area contributed by atoms with Crippen molar-refractivity contribution in [2.45, 2.75) is 4.90 Å². The van der Waals surface area contributed by atoms with Crippen LogP contribution in [0.15, 0.2) is 35.4 Å². The van der Waals surface area contributed by atoms with E-state index in [2.05, 4.69) is 4.98 Å². The van der Waals surface area contributed by atoms with Crippen LogP contribution in [-0.2, 0) is 0 Å². The highest BCUT2D eigenvalue weighted by Gasteiger charge is 2.09. The molecule has 0 N–H and O–H groups in total. The molecule has 3 nitrogen and oxygen atoms in total. The first kappa shape index (κ1) is 14.0. The first-order valence-electron chi connectivity index (χ1n) is 5.21. The molecule has 19 heavy (non-hydrogen) atoms. The molecule has 0 saturated carbocycles. The Morgan fingerprint density at radius 3 is 2.68 bits per heavy atom. The second kappa shape index (κ2) is 6.16. The van der Waals surface area contributed by atoms with Crippen molar-refractivity contribution >= 4 is 35.0 Å². The molecule has 2 aromatic rings. The lowest BCUT2D eigenvalue weighted by atomic mass is 10.3. The van der Waals surface area contributed by atoms with Gasteiger partial charge >= 0.3 is 0 Å². The summed E-state index contributed by atoms with van der Waals surface area (Å²) in [6, 6.07) is 8.66. The zero-order valence-electron chi connectivity index (χ0n) is 9.85. The van der Waals surface area contributed by atoms with E-state index in [0.717, 1.165) is 4.90 Å². The lowest BCUT2D eigenvalue weighted by Crippen LogP contribution is -1.92. The molecule has 0 aliphatic rings. The van der Waals surface area contributed by atoms with Gasteiger partial charge in [0, 0.05) is 17.2 Å². The Labute approximate surface area is 125 Å². The van der Waals surface area contributed by atoms with Crippen LogP contribution in [0.1, 0.15) is 5.69 Å². The fraction of sp³-hybridized carbons (Fsp3) is 0.0769. The number of nitrogens with zero attached hydrogens (tertiary/aromatic N) is 2. The van der Waals surface area contributed by atoms with E-state index in [4.69, 9.17) is 33.2 Å². The van der Waals surface area contributed by atoms with Crippen molar-refractivity contribution in [3.63, 3.8) is 0 Å². The van der Waals surface area contributed by atoms with Gasteiger partial charge in [0.15, 0.2) is 11.4 Å². The Balaban J connectivity index is 2.36. The standard InChI is InChI=1S/C13H8Cl2N2OS/c1-19-9-5-13(12(6-16)17-7-9)18-8-2-3-10(14)11(15)4-8/h2-5,7H,1H3. The fourth-order valence-corrected chi connectivity index (χ4v) is 2.04. The largest absolute Gasteiger partial charge is 0.454 e. The molecule has 0 bridgehead atoms. The zero-order chi connectivity index (χ0) is 13.8. The number of pyridine rings is 1. The van der Waals surface area contributed by atoms with Crippen molar-refractivity contribution < 1.29 is 4.74 Å². The van der Waals surface area contributed by atoms with Gasteiger partial charge in [-0.25, -0.2) is 4.98 Å². The third-order valence-corrected chi connectivity index (χ3v) is 3.72. The summed E-state index contributed by atoms with van der Waals surface area (Å²) in [5.41, 5.74) is 0.226. The average molecular weight is 311 g/mol. The van der Waals surface area contributed by atoms with Gasteiger partial charge in [-0.3, -0.25) is 0 Å². The molecule has 1 aromatic heterocycles. The van der Waals surface area contributed by atoms with Crippen LogP contribution >= 0.6 is 35.0 Å². The summed E-state index contributed by atoms with van der Waals surface area (Å²) in [6.07, 6.45) is 3.55. The van der Waals surface area contributed by atoms with Crippen molar-refractivity contribution in [3.05, 3.63) is 46.2 Å². The van der Waals surface area contributed by atoms with Crippen LogP contribution in [-0.4, -0.2) is 11.2 Å². The van der Waals surface area contributed by atoms with E-state index < -0.39 is 0 Å². The van der Waals surface area contributed by atoms with E-state index in [9.17, 15) is 0 Å². The third kappa shape index (κ3) is 3.32. The Morgan fingerprint density at radius 2 is 2.05 bits per heavy atom. The van der Waals surface area contributed by atoms with E-state index in [-0.39, 0.29) is 5.69 Å². The smallest absolute Gasteiger partial charge is 0.183 e. The number of hydrogen-bond donors (Lipinski definition) is 0. The number of aromatic nitrogens is 1. The molecule has 1 aromatic carbocycles. The van der Waals surface area contributed by atoms with E-state index in [1.165, 1.54) is 11.8 Å². The molecule has 2 rings (SSSR count). The molecule has 0 spiro atoms. The van der Waals surface area contributed by atoms with Gasteiger partial charge in [0.05, 0.1) is 10.0 Å². The van der Waals surface area contributed by atoms with Crippen molar-refractivity contribution in [2.75, 3.05) is 6.26 Å². The van der Waals surface area contributed by atoms with Gasteiger partial charge in [-0.1, -0.05) is 23.2 Å². The number of rotatable bonds is 3. The van der Waals surface area contributed by atoms with Crippen LogP contribution in [0.2, 0.25) is 10.0 Å². The van der Waals surface area contributed by atoms with Crippen molar-refractivity contribution in [2.24, 2.45) is 0 Å². The van der Waals surface area contributed by atoms with Crippen LogP contribution in [0, 0.1) is 11.3 Å². The third-order valence-electron chi connectivity index (χ3n) is 2.29. The van der Waals surface area contributed by atoms with Crippen molar-refractivity contribution in [3.8, 4) is 17.6 Å². The summed E-state index contributed by atoms with van der Waals surface area (Å²) in [5.74, 6) is 0.902. The summed E-state index contributed by atoms with van der Waals surface area (Å²) < 4.78 is 5.64. The second-order valence-corrected chi connectivity index (χ2v) is 5.21. The van der Waals surface area contributed by atoms with Gasteiger partial charge in [-0.2, -0.15) is 5.26 Å². The maximum atomic E-state index is 9.01. The lowest BCUT2D eigenvalue weighted by Gasteiger charge is -2.08. The van der Waals surface area contributed by atoms with E-state index in [1.807, 2.05) is 12.3 Å². The number of benzene rings is 1. The van der Waals surface area contributed by atoms with E-state index >= 15 is 0 Å². The van der Waals surface area contributed by atoms with Crippen molar-refractivity contribution in [1.82, 2.24) is 4.98 Å². The molecule has 1 heterocycles. The summed E-state index contributed by atoms with van der Waals surface area (Å²) >= 11 is 13.3. The zero-order valence-corrected chi connectivity index (χ0v) is 12.2. The molecule has 0 aliphatic heterocycles. The molecule has 0 atom stereocenters. The summed E-state index contributed by atoms with van der Waals surface area (Å²) in [6.45, 7) is 0. The highest BCUT2D eigenvalue weighted by molar-refractivity contribution is 7.98. The first-order chi connectivity index (χ1) is 9.13. The number of hydrogen-bond acceptors (Lipinski definition) is 4. The summed E-state index contributed by atoms with van der Waals surface area (Å²) in [7, 11) is 0. The SMILES string of the molecule is CSc1cnc(C#N)c(Oc2ccc(Cl)c(Cl)c2)c1. The average Bonchev–Trinajstić information content (AvgIpc) is 2.43. The molecule has 0 amide bonds. The summed E-state index contributed by atoms with van der Waals surface area (Å²) in [4.78, 5) is 4.95. The Morgan fingerprint density at radius 1 is 1.26 bits per heavy atom. The van der Waals surface area contributed by atoms with Gasteiger partial charge < -0.3 is 4.74 Å². The molecule has 0 saturated heterocycles. The first-order valence-corrected chi connectivity index (χ1v) is 7.19. The topological polar surface area (TPSA) is 45.9 Å². The number of halogens is 2. The van der Waals surface area contributed by atoms with E-state index in [0.29, 0.717) is 21.5 Å². The number of ether oxygens (including phenoxy) is 1. The Kier molecular flexibility index (Phi) is 4.54. The molecular weight excluding hydrogens is 303 g/mol. The van der Waals surface area contributed by atoms with Gasteiger partial charge in [-0.15, -0.1) is 11.8 Å². The van der Waals surface area contributed by atoms with Crippen LogP contribution in [0.4, 0.5) is 0 Å². The van der Waals surface area contributed by atoms with Gasteiger partial charge in [-0.05, 0) is 24.5 Å². The predicted octanol–water partition coefficient (Wildman–Crippen LogP) is 4.77. The monoisotopic (exact) mass is 310 g/mol. The van der Waals surface area contributed by atoms with Crippen LogP contribution in [0.25, 0.3) is 0 Å². The van der Waals surface area contributed by atoms with Crippen LogP contribution < -0.4 is 4.74 Å². The minimum absolute atomic E-state index is 0.226. The maximum absolute atomic E-state index is 9.01. The molecule has 6 heteroatoms. The van der Waals surface area contributed by atoms with Crippen LogP contribution in [0.3, 0.4) is 0 Å². The van der Waals surface area contributed by atoms with Gasteiger partial charge in [0.1, 0.15) is 11.8 Å². The molecule has 0 aliphatic carbocycles. The quantitative estimate of drug-likeness (QED) is 0.766. The molecule has 0 radical (unpaired) electrons. The predicted molar refractivity (Wildman–Crippen MR) is 77.3 cm³/mol. The molecule has 0 fully saturated rings. The van der Waals surface area contributed by atoms with E-state index in [1.54, 1.807) is 30.5 Å². The Hall–Kier alpha value is -1.41. The molecule has 0 unspecified atom stereocenters. The maximum Gasteiger partial charge on any atom is 0.183 e. The summed E-state index contributed by atoms with van der Waals surface area (Å²) in [5, 5.41) is 9.86. The number of thioether (sulfide) groups is 1. The van der Waals surface area contributed by atoms with Crippen LogP contribution in [0.5, 0.6) is 11.5 Å². The number of nitriles is 1. The fourth-order valence-electron chi connectivity index (χ4n) is 1.37. The minimum Gasteiger partial charge on any atom is -0.454 e. The minimum atomic E-state index is 0.226. The highest BCUT2D eigenvalue weighted by atomic mass is 35.5. The van der Waals surface area contributed by atoms with Crippen molar-refractivity contribution in [1.29, 1.82) is 5.26 Å². The normalized spacial score (nSPS) is 10.0. The highest BCUT2D eigenvalue weighted by Crippen LogP contribution is 2.31. The Bertz CT molecular complexity index is 656. The van der Waals surface area contributed by atoms with Gasteiger partial charge in [0.2, 0.25) is 0 Å². The second-order valence-electron chi connectivity index (χ2n) is 3.51. The molecule has 96 valence electrons. The lowest BCUT2D eigenvalue weighted by molar-refractivity contribution is 0.477. The molecular formula is C13H8Cl2N2OS. The van der Waals surface area contributed by atoms with Gasteiger partial charge in [0.25, 0.3) is 0 Å².